The first kappa shape index (κ1) is 15.1. The molecule has 1 N–H and O–H groups in total. The molecule has 1 amide bonds. The number of amides is 1. The summed E-state index contributed by atoms with van der Waals surface area (Å²) in [6, 6.07) is 13.8. The number of hydrogen-bond acceptors (Lipinski definition) is 3. The molecule has 0 radical (unpaired) electrons. The van der Waals surface area contributed by atoms with Gasteiger partial charge in [0.25, 0.3) is 5.91 Å². The molecule has 4 heteroatoms. The molecule has 1 aliphatic heterocycles. The molecule has 2 aliphatic rings. The van der Waals surface area contributed by atoms with Crippen molar-refractivity contribution in [3.05, 3.63) is 59.2 Å². The van der Waals surface area contributed by atoms with Crippen LogP contribution < -0.4 is 14.8 Å². The Labute approximate surface area is 141 Å². The Morgan fingerprint density at radius 2 is 1.88 bits per heavy atom. The molecular formula is C20H21NO3. The van der Waals surface area contributed by atoms with Crippen LogP contribution in [-0.4, -0.2) is 25.7 Å². The number of rotatable bonds is 4. The van der Waals surface area contributed by atoms with Crippen LogP contribution in [0.3, 0.4) is 0 Å². The van der Waals surface area contributed by atoms with Gasteiger partial charge in [-0.2, -0.15) is 0 Å². The van der Waals surface area contributed by atoms with Crippen LogP contribution in [0.4, 0.5) is 0 Å². The van der Waals surface area contributed by atoms with Gasteiger partial charge in [-0.15, -0.1) is 0 Å². The van der Waals surface area contributed by atoms with Crippen LogP contribution in [-0.2, 0) is 5.41 Å². The summed E-state index contributed by atoms with van der Waals surface area (Å²) in [5, 5.41) is 3.10. The zero-order valence-corrected chi connectivity index (χ0v) is 13.8. The minimum Gasteiger partial charge on any atom is -0.486 e. The third-order valence-electron chi connectivity index (χ3n) is 4.88. The van der Waals surface area contributed by atoms with Gasteiger partial charge in [0.05, 0.1) is 0 Å². The lowest BCUT2D eigenvalue weighted by atomic mass is 9.95. The van der Waals surface area contributed by atoms with Gasteiger partial charge in [-0.3, -0.25) is 4.79 Å². The molecule has 0 atom stereocenters. The van der Waals surface area contributed by atoms with E-state index in [-0.39, 0.29) is 11.3 Å². The van der Waals surface area contributed by atoms with E-state index in [9.17, 15) is 4.79 Å². The summed E-state index contributed by atoms with van der Waals surface area (Å²) < 4.78 is 11.3. The van der Waals surface area contributed by atoms with E-state index in [1.165, 1.54) is 5.56 Å². The molecular weight excluding hydrogens is 302 g/mol. The van der Waals surface area contributed by atoms with Crippen molar-refractivity contribution in [2.75, 3.05) is 19.8 Å². The summed E-state index contributed by atoms with van der Waals surface area (Å²) >= 11 is 0. The van der Waals surface area contributed by atoms with Crippen LogP contribution in [0.1, 0.15) is 34.3 Å². The second kappa shape index (κ2) is 5.86. The number of fused-ring (bicyclic) bond motifs is 1. The molecule has 0 bridgehead atoms. The van der Waals surface area contributed by atoms with Gasteiger partial charge in [-0.1, -0.05) is 23.8 Å². The monoisotopic (exact) mass is 323 g/mol. The normalized spacial score (nSPS) is 17.2. The van der Waals surface area contributed by atoms with E-state index in [1.807, 2.05) is 37.3 Å². The molecule has 124 valence electrons. The topological polar surface area (TPSA) is 47.6 Å². The fourth-order valence-corrected chi connectivity index (χ4v) is 3.23. The van der Waals surface area contributed by atoms with Crippen molar-refractivity contribution >= 4 is 5.91 Å². The first-order valence-corrected chi connectivity index (χ1v) is 8.41. The number of nitrogens with one attached hydrogen (secondary N) is 1. The first-order chi connectivity index (χ1) is 11.7. The maximum absolute atomic E-state index is 12.4. The van der Waals surface area contributed by atoms with Crippen molar-refractivity contribution < 1.29 is 14.3 Å². The average molecular weight is 323 g/mol. The van der Waals surface area contributed by atoms with Crippen LogP contribution >= 0.6 is 0 Å². The fraction of sp³-hybridized carbons (Fsp3) is 0.350. The van der Waals surface area contributed by atoms with E-state index in [4.69, 9.17) is 9.47 Å². The molecule has 1 heterocycles. The molecule has 0 saturated heterocycles. The highest BCUT2D eigenvalue weighted by molar-refractivity contribution is 5.94. The van der Waals surface area contributed by atoms with Crippen molar-refractivity contribution in [1.82, 2.24) is 5.32 Å². The van der Waals surface area contributed by atoms with Gasteiger partial charge in [0.1, 0.15) is 13.2 Å². The SMILES string of the molecule is Cc1cccc(C(=O)NCC2(c3ccc4c(c3)OCCO4)CC2)c1. The standard InChI is InChI=1S/C20H21NO3/c1-14-3-2-4-15(11-14)19(22)21-13-20(7-8-20)16-5-6-17-18(12-16)24-10-9-23-17/h2-6,11-12H,7-10,13H2,1H3,(H,21,22). The second-order valence-corrected chi connectivity index (χ2v) is 6.69. The highest BCUT2D eigenvalue weighted by atomic mass is 16.6. The smallest absolute Gasteiger partial charge is 0.251 e. The lowest BCUT2D eigenvalue weighted by Crippen LogP contribution is -2.32. The Balaban J connectivity index is 1.47. The molecule has 1 saturated carbocycles. The molecule has 2 aromatic carbocycles. The molecule has 0 spiro atoms. The van der Waals surface area contributed by atoms with Crippen molar-refractivity contribution in [2.24, 2.45) is 0 Å². The minimum atomic E-state index is -0.0116. The van der Waals surface area contributed by atoms with Crippen LogP contribution in [0, 0.1) is 6.92 Å². The quantitative estimate of drug-likeness (QED) is 0.940. The predicted molar refractivity (Wildman–Crippen MR) is 91.9 cm³/mol. The van der Waals surface area contributed by atoms with Gasteiger partial charge < -0.3 is 14.8 Å². The largest absolute Gasteiger partial charge is 0.486 e. The summed E-state index contributed by atoms with van der Waals surface area (Å²) in [6.45, 7) is 3.84. The van der Waals surface area contributed by atoms with Crippen LogP contribution in [0.2, 0.25) is 0 Å². The molecule has 24 heavy (non-hydrogen) atoms. The average Bonchev–Trinajstić information content (AvgIpc) is 3.40. The van der Waals surface area contributed by atoms with Crippen molar-refractivity contribution in [2.45, 2.75) is 25.2 Å². The van der Waals surface area contributed by atoms with Gasteiger partial charge >= 0.3 is 0 Å². The number of ether oxygens (including phenoxy) is 2. The fourth-order valence-electron chi connectivity index (χ4n) is 3.23. The van der Waals surface area contributed by atoms with Gasteiger partial charge in [0, 0.05) is 17.5 Å². The molecule has 1 fully saturated rings. The van der Waals surface area contributed by atoms with Crippen molar-refractivity contribution in [3.8, 4) is 11.5 Å². The minimum absolute atomic E-state index is 0.0116. The van der Waals surface area contributed by atoms with Crippen LogP contribution in [0.25, 0.3) is 0 Å². The first-order valence-electron chi connectivity index (χ1n) is 8.41. The molecule has 0 unspecified atom stereocenters. The van der Waals surface area contributed by atoms with Gasteiger partial charge in [0.2, 0.25) is 0 Å². The van der Waals surface area contributed by atoms with Crippen LogP contribution in [0.15, 0.2) is 42.5 Å². The molecule has 2 aromatic rings. The van der Waals surface area contributed by atoms with E-state index >= 15 is 0 Å². The lowest BCUT2D eigenvalue weighted by Gasteiger charge is -2.22. The zero-order chi connectivity index (χ0) is 16.6. The third kappa shape index (κ3) is 2.84. The Morgan fingerprint density at radius 1 is 1.08 bits per heavy atom. The Hall–Kier alpha value is -2.49. The highest BCUT2D eigenvalue weighted by Crippen LogP contribution is 2.49. The number of carbonyl (C=O) groups excluding carboxylic acids is 1. The molecule has 4 rings (SSSR count). The molecule has 0 aromatic heterocycles. The van der Waals surface area contributed by atoms with Gasteiger partial charge in [-0.25, -0.2) is 0 Å². The number of carbonyl (C=O) groups is 1. The Bertz CT molecular complexity index is 780. The van der Waals surface area contributed by atoms with Gasteiger partial charge in [-0.05, 0) is 49.6 Å². The maximum atomic E-state index is 12.4. The Kier molecular flexibility index (Phi) is 3.68. The highest BCUT2D eigenvalue weighted by Gasteiger charge is 2.44. The summed E-state index contributed by atoms with van der Waals surface area (Å²) in [4.78, 5) is 12.4. The van der Waals surface area contributed by atoms with E-state index in [1.54, 1.807) is 0 Å². The number of benzene rings is 2. The number of aryl methyl sites for hydroxylation is 1. The molecule has 4 nitrogen and oxygen atoms in total. The van der Waals surface area contributed by atoms with E-state index in [0.29, 0.717) is 25.3 Å². The predicted octanol–water partition coefficient (Wildman–Crippen LogP) is 3.23. The van der Waals surface area contributed by atoms with Crippen molar-refractivity contribution in [3.63, 3.8) is 0 Å². The second-order valence-electron chi connectivity index (χ2n) is 6.69. The lowest BCUT2D eigenvalue weighted by molar-refractivity contribution is 0.0949. The van der Waals surface area contributed by atoms with Crippen molar-refractivity contribution in [1.29, 1.82) is 0 Å². The Morgan fingerprint density at radius 3 is 2.62 bits per heavy atom. The van der Waals surface area contributed by atoms with Crippen LogP contribution in [0.5, 0.6) is 11.5 Å². The van der Waals surface area contributed by atoms with E-state index < -0.39 is 0 Å². The summed E-state index contributed by atoms with van der Waals surface area (Å²) in [5.74, 6) is 1.61. The molecule has 1 aliphatic carbocycles. The zero-order valence-electron chi connectivity index (χ0n) is 13.8. The van der Waals surface area contributed by atoms with E-state index in [0.717, 1.165) is 29.9 Å². The summed E-state index contributed by atoms with van der Waals surface area (Å²) in [5.41, 5.74) is 3.06. The van der Waals surface area contributed by atoms with E-state index in [2.05, 4.69) is 17.4 Å². The summed E-state index contributed by atoms with van der Waals surface area (Å²) in [6.07, 6.45) is 2.17. The summed E-state index contributed by atoms with van der Waals surface area (Å²) in [7, 11) is 0. The maximum Gasteiger partial charge on any atom is 0.251 e. The third-order valence-corrected chi connectivity index (χ3v) is 4.88. The van der Waals surface area contributed by atoms with Gasteiger partial charge in [0.15, 0.2) is 11.5 Å². The number of hydrogen-bond donors (Lipinski definition) is 1.